The molecule has 1 amide bonds. The number of pyridine rings is 1. The monoisotopic (exact) mass is 494 g/mol. The van der Waals surface area contributed by atoms with Gasteiger partial charge < -0.3 is 5.32 Å². The van der Waals surface area contributed by atoms with E-state index in [0.29, 0.717) is 22.2 Å². The van der Waals surface area contributed by atoms with Gasteiger partial charge in [0.05, 0.1) is 40.9 Å². The highest BCUT2D eigenvalue weighted by Gasteiger charge is 2.20. The van der Waals surface area contributed by atoms with Crippen LogP contribution in [0.3, 0.4) is 0 Å². The van der Waals surface area contributed by atoms with Crippen LogP contribution < -0.4 is 5.32 Å². The maximum atomic E-state index is 14.0. The molecular weight excluding hydrogens is 476 g/mol. The van der Waals surface area contributed by atoms with Gasteiger partial charge in [0.15, 0.2) is 17.5 Å². The Morgan fingerprint density at radius 1 is 1.03 bits per heavy atom. The summed E-state index contributed by atoms with van der Waals surface area (Å²) in [7, 11) is 1.79. The molecule has 0 aliphatic carbocycles. The Labute approximate surface area is 202 Å². The number of hydrogen-bond acceptors (Lipinski definition) is 4. The summed E-state index contributed by atoms with van der Waals surface area (Å²) in [6.45, 7) is 1.34. The number of halogens is 4. The van der Waals surface area contributed by atoms with Crippen molar-refractivity contribution in [3.05, 3.63) is 95.1 Å². The Hall–Kier alpha value is -4.54. The number of hydrogen-bond donors (Lipinski definition) is 1. The molecule has 5 aromatic rings. The molecule has 0 saturated heterocycles. The molecule has 0 saturated carbocycles. The number of aryl methyl sites for hydroxylation is 2. The van der Waals surface area contributed by atoms with Gasteiger partial charge in [-0.1, -0.05) is 18.2 Å². The second-order valence-electron chi connectivity index (χ2n) is 8.20. The lowest BCUT2D eigenvalue weighted by Crippen LogP contribution is -2.13. The quantitative estimate of drug-likeness (QED) is 0.212. The highest BCUT2D eigenvalue weighted by Crippen LogP contribution is 2.27. The summed E-state index contributed by atoms with van der Waals surface area (Å²) in [6, 6.07) is 9.11. The van der Waals surface area contributed by atoms with Crippen LogP contribution in [0, 0.1) is 30.2 Å². The van der Waals surface area contributed by atoms with Crippen molar-refractivity contribution in [3.63, 3.8) is 0 Å². The molecule has 3 aromatic heterocycles. The largest absolute Gasteiger partial charge is 0.319 e. The van der Waals surface area contributed by atoms with Crippen molar-refractivity contribution in [3.8, 4) is 11.3 Å². The lowest BCUT2D eigenvalue weighted by Gasteiger charge is -2.09. The number of nitrogens with zero attached hydrogens (tertiary/aromatic N) is 5. The summed E-state index contributed by atoms with van der Waals surface area (Å²) in [4.78, 5) is 17.9. The highest BCUT2D eigenvalue weighted by molar-refractivity contribution is 6.13. The number of para-hydroxylation sites is 1. The molecular formula is C25H18F4N6O. The second kappa shape index (κ2) is 8.91. The minimum Gasteiger partial charge on any atom is -0.319 e. The van der Waals surface area contributed by atoms with Crippen LogP contribution >= 0.6 is 0 Å². The lowest BCUT2D eigenvalue weighted by molar-refractivity contribution is 0.102. The maximum Gasteiger partial charge on any atom is 0.256 e. The zero-order chi connectivity index (χ0) is 25.6. The first kappa shape index (κ1) is 23.2. The van der Waals surface area contributed by atoms with E-state index < -0.39 is 41.3 Å². The minimum absolute atomic E-state index is 0.239. The van der Waals surface area contributed by atoms with Crippen molar-refractivity contribution >= 4 is 22.5 Å². The Morgan fingerprint density at radius 3 is 2.56 bits per heavy atom. The van der Waals surface area contributed by atoms with Crippen LogP contribution in [0.4, 0.5) is 23.2 Å². The molecule has 0 spiro atoms. The first-order valence-electron chi connectivity index (χ1n) is 10.8. The SMILES string of the molecule is Cc1nn(C)cc1-c1cc(C(=O)Nc2cnn(Cc3c(F)cc(F)c(F)c3F)c2)c2ccccc2n1. The molecule has 0 fully saturated rings. The fourth-order valence-corrected chi connectivity index (χ4v) is 3.98. The second-order valence-corrected chi connectivity index (χ2v) is 8.20. The van der Waals surface area contributed by atoms with Gasteiger partial charge in [0.1, 0.15) is 5.82 Å². The molecule has 7 nitrogen and oxygen atoms in total. The molecule has 0 radical (unpaired) electrons. The summed E-state index contributed by atoms with van der Waals surface area (Å²) in [5, 5.41) is 11.6. The number of anilines is 1. The Balaban J connectivity index is 1.45. The number of benzene rings is 2. The fourth-order valence-electron chi connectivity index (χ4n) is 3.98. The predicted octanol–water partition coefficient (Wildman–Crippen LogP) is 5.00. The highest BCUT2D eigenvalue weighted by atomic mass is 19.2. The zero-order valence-electron chi connectivity index (χ0n) is 19.1. The Morgan fingerprint density at radius 2 is 1.81 bits per heavy atom. The van der Waals surface area contributed by atoms with E-state index in [1.165, 1.54) is 12.4 Å². The van der Waals surface area contributed by atoms with E-state index in [1.807, 2.05) is 19.2 Å². The number of rotatable bonds is 5. The summed E-state index contributed by atoms with van der Waals surface area (Å²) in [5.74, 6) is -6.71. The molecule has 2 aromatic carbocycles. The summed E-state index contributed by atoms with van der Waals surface area (Å²) in [6.07, 6.45) is 4.42. The van der Waals surface area contributed by atoms with Crippen molar-refractivity contribution in [2.75, 3.05) is 5.32 Å². The normalized spacial score (nSPS) is 11.3. The molecule has 3 heterocycles. The molecule has 36 heavy (non-hydrogen) atoms. The first-order chi connectivity index (χ1) is 17.2. The average Bonchev–Trinajstić information content (AvgIpc) is 3.44. The summed E-state index contributed by atoms with van der Waals surface area (Å²) >= 11 is 0. The fraction of sp³-hybridized carbons (Fsp3) is 0.120. The molecule has 182 valence electrons. The van der Waals surface area contributed by atoms with Gasteiger partial charge in [-0.25, -0.2) is 22.5 Å². The van der Waals surface area contributed by atoms with Crippen LogP contribution in [0.2, 0.25) is 0 Å². The Bertz CT molecular complexity index is 1640. The van der Waals surface area contributed by atoms with E-state index in [9.17, 15) is 22.4 Å². The molecule has 0 unspecified atom stereocenters. The third-order valence-electron chi connectivity index (χ3n) is 5.67. The molecule has 0 bridgehead atoms. The molecule has 0 aliphatic rings. The van der Waals surface area contributed by atoms with Crippen LogP contribution in [-0.2, 0) is 13.6 Å². The van der Waals surface area contributed by atoms with Gasteiger partial charge in [0.25, 0.3) is 5.91 Å². The lowest BCUT2D eigenvalue weighted by atomic mass is 10.0. The van der Waals surface area contributed by atoms with Gasteiger partial charge in [-0.15, -0.1) is 0 Å². The Kier molecular flexibility index (Phi) is 5.75. The topological polar surface area (TPSA) is 77.6 Å². The van der Waals surface area contributed by atoms with Gasteiger partial charge >= 0.3 is 0 Å². The third kappa shape index (κ3) is 4.19. The van der Waals surface area contributed by atoms with Crippen molar-refractivity contribution in [1.29, 1.82) is 0 Å². The molecule has 1 N–H and O–H groups in total. The van der Waals surface area contributed by atoms with Gasteiger partial charge in [-0.3, -0.25) is 14.2 Å². The maximum absolute atomic E-state index is 14.0. The van der Waals surface area contributed by atoms with Crippen LogP contribution in [0.1, 0.15) is 21.6 Å². The standard InChI is InChI=1S/C25H18F4N6O/c1-13-17(11-34(2)33-13)22-7-16(15-5-3-4-6-21(15)32-22)25(36)31-14-9-30-35(10-14)12-18-19(26)8-20(27)24(29)23(18)28/h3-11H,12H2,1-2H3,(H,31,36). The zero-order valence-corrected chi connectivity index (χ0v) is 19.1. The molecule has 0 aliphatic heterocycles. The number of fused-ring (bicyclic) bond motifs is 1. The minimum atomic E-state index is -1.77. The number of carbonyl (C=O) groups excluding carboxylic acids is 1. The number of nitrogens with one attached hydrogen (secondary N) is 1. The van der Waals surface area contributed by atoms with Crippen LogP contribution in [-0.4, -0.2) is 30.5 Å². The van der Waals surface area contributed by atoms with Gasteiger partial charge in [0, 0.05) is 42.0 Å². The average molecular weight is 494 g/mol. The predicted molar refractivity (Wildman–Crippen MR) is 124 cm³/mol. The molecule has 5 rings (SSSR count). The van der Waals surface area contributed by atoms with Gasteiger partial charge in [-0.05, 0) is 19.1 Å². The number of carbonyl (C=O) groups is 1. The third-order valence-corrected chi connectivity index (χ3v) is 5.67. The van der Waals surface area contributed by atoms with Crippen molar-refractivity contribution in [2.45, 2.75) is 13.5 Å². The number of aromatic nitrogens is 5. The van der Waals surface area contributed by atoms with E-state index >= 15 is 0 Å². The summed E-state index contributed by atoms with van der Waals surface area (Å²) in [5.41, 5.74) is 2.62. The van der Waals surface area contributed by atoms with Crippen LogP contribution in [0.25, 0.3) is 22.2 Å². The van der Waals surface area contributed by atoms with Gasteiger partial charge in [0.2, 0.25) is 0 Å². The van der Waals surface area contributed by atoms with Crippen molar-refractivity contribution < 1.29 is 22.4 Å². The molecule has 0 atom stereocenters. The smallest absolute Gasteiger partial charge is 0.256 e. The van der Waals surface area contributed by atoms with Crippen LogP contribution in [0.5, 0.6) is 0 Å². The number of amides is 1. The van der Waals surface area contributed by atoms with Gasteiger partial charge in [-0.2, -0.15) is 10.2 Å². The van der Waals surface area contributed by atoms with Crippen molar-refractivity contribution in [1.82, 2.24) is 24.5 Å². The first-order valence-corrected chi connectivity index (χ1v) is 10.8. The van der Waals surface area contributed by atoms with E-state index in [-0.39, 0.29) is 11.8 Å². The summed E-state index contributed by atoms with van der Waals surface area (Å²) < 4.78 is 57.5. The van der Waals surface area contributed by atoms with E-state index in [1.54, 1.807) is 36.0 Å². The van der Waals surface area contributed by atoms with E-state index in [2.05, 4.69) is 20.5 Å². The van der Waals surface area contributed by atoms with Crippen LogP contribution in [0.15, 0.2) is 55.0 Å². The van der Waals surface area contributed by atoms with E-state index in [4.69, 9.17) is 0 Å². The van der Waals surface area contributed by atoms with E-state index in [0.717, 1.165) is 15.9 Å². The van der Waals surface area contributed by atoms with Crippen molar-refractivity contribution in [2.24, 2.45) is 7.05 Å². The molecule has 11 heteroatoms.